The molecular formula is C18H14N4OS2. The molecule has 2 aromatic heterocycles. The first-order valence-electron chi connectivity index (χ1n) is 7.35. The molecule has 2 heterocycles. The van der Waals surface area contributed by atoms with E-state index in [1.165, 1.54) is 16.3 Å². The number of hydrogen-bond donors (Lipinski definition) is 0. The molecular weight excluding hydrogens is 352 g/mol. The summed E-state index contributed by atoms with van der Waals surface area (Å²) in [5.74, 6) is 0.471. The Morgan fingerprint density at radius 3 is 2.44 bits per heavy atom. The molecule has 3 rings (SSSR count). The molecule has 0 saturated carbocycles. The minimum absolute atomic E-state index is 0.0501. The number of rotatable bonds is 4. The lowest BCUT2D eigenvalue weighted by atomic mass is 10.2. The number of nitrogens with zero attached hydrogens (tertiary/aromatic N) is 4. The molecule has 0 N–H and O–H groups in total. The fourth-order valence-corrected chi connectivity index (χ4v) is 3.33. The predicted molar refractivity (Wildman–Crippen MR) is 101 cm³/mol. The second-order valence-electron chi connectivity index (χ2n) is 5.01. The van der Waals surface area contributed by atoms with Crippen molar-refractivity contribution in [1.29, 1.82) is 5.26 Å². The highest BCUT2D eigenvalue weighted by atomic mass is 32.2. The van der Waals surface area contributed by atoms with Crippen LogP contribution in [-0.4, -0.2) is 27.0 Å². The van der Waals surface area contributed by atoms with Gasteiger partial charge in [0.15, 0.2) is 0 Å². The third kappa shape index (κ3) is 3.31. The molecule has 0 unspecified atom stereocenters. The molecule has 0 spiro atoms. The summed E-state index contributed by atoms with van der Waals surface area (Å²) in [4.78, 5) is 22.8. The van der Waals surface area contributed by atoms with Crippen LogP contribution in [0.15, 0.2) is 63.5 Å². The highest BCUT2D eigenvalue weighted by molar-refractivity contribution is 7.98. The highest BCUT2D eigenvalue weighted by Crippen LogP contribution is 2.24. The van der Waals surface area contributed by atoms with Gasteiger partial charge in [-0.3, -0.25) is 14.3 Å². The van der Waals surface area contributed by atoms with Gasteiger partial charge in [-0.15, -0.1) is 23.5 Å². The Labute approximate surface area is 153 Å². The molecule has 3 aromatic rings. The maximum atomic E-state index is 13.0. The molecule has 0 radical (unpaired) electrons. The van der Waals surface area contributed by atoms with Crippen LogP contribution >= 0.6 is 23.5 Å². The SMILES string of the molecule is CSc1ccc(-n2c(-c3cccnc3)nc(SC)c(C#N)c2=O)cc1. The van der Waals surface area contributed by atoms with E-state index in [-0.39, 0.29) is 11.1 Å². The van der Waals surface area contributed by atoms with Crippen molar-refractivity contribution in [2.24, 2.45) is 0 Å². The van der Waals surface area contributed by atoms with Gasteiger partial charge in [-0.1, -0.05) is 0 Å². The first kappa shape index (κ1) is 17.3. The maximum Gasteiger partial charge on any atom is 0.277 e. The van der Waals surface area contributed by atoms with Crippen molar-refractivity contribution in [2.45, 2.75) is 9.92 Å². The topological polar surface area (TPSA) is 71.6 Å². The van der Waals surface area contributed by atoms with E-state index >= 15 is 0 Å². The summed E-state index contributed by atoms with van der Waals surface area (Å²) in [6.07, 6.45) is 7.11. The second kappa shape index (κ2) is 7.55. The highest BCUT2D eigenvalue weighted by Gasteiger charge is 2.18. The quantitative estimate of drug-likeness (QED) is 0.519. The standard InChI is InChI=1S/C18H14N4OS2/c1-24-14-7-5-13(6-8-14)22-16(12-4-3-9-20-11-12)21-17(25-2)15(10-19)18(22)23/h3-9,11H,1-2H3. The summed E-state index contributed by atoms with van der Waals surface area (Å²) in [7, 11) is 0. The van der Waals surface area contributed by atoms with Gasteiger partial charge in [-0.05, 0) is 48.9 Å². The molecule has 0 amide bonds. The minimum atomic E-state index is -0.377. The van der Waals surface area contributed by atoms with Gasteiger partial charge in [-0.25, -0.2) is 4.98 Å². The Hall–Kier alpha value is -2.56. The lowest BCUT2D eigenvalue weighted by molar-refractivity contribution is 0.891. The van der Waals surface area contributed by atoms with E-state index in [2.05, 4.69) is 9.97 Å². The van der Waals surface area contributed by atoms with Crippen LogP contribution in [-0.2, 0) is 0 Å². The fourth-order valence-electron chi connectivity index (χ4n) is 2.40. The molecule has 0 aliphatic carbocycles. The molecule has 0 aliphatic rings. The Balaban J connectivity index is 2.35. The molecule has 0 fully saturated rings. The summed E-state index contributed by atoms with van der Waals surface area (Å²) in [6.45, 7) is 0. The van der Waals surface area contributed by atoms with Gasteiger partial charge >= 0.3 is 0 Å². The van der Waals surface area contributed by atoms with E-state index in [1.807, 2.05) is 42.7 Å². The van der Waals surface area contributed by atoms with Gasteiger partial charge in [0.25, 0.3) is 5.56 Å². The van der Waals surface area contributed by atoms with Crippen molar-refractivity contribution in [3.05, 3.63) is 64.7 Å². The minimum Gasteiger partial charge on any atom is -0.267 e. The zero-order chi connectivity index (χ0) is 17.8. The summed E-state index contributed by atoms with van der Waals surface area (Å²) >= 11 is 2.90. The smallest absolute Gasteiger partial charge is 0.267 e. The van der Waals surface area contributed by atoms with Gasteiger partial charge in [0.1, 0.15) is 22.5 Å². The van der Waals surface area contributed by atoms with E-state index in [0.717, 1.165) is 4.90 Å². The average molecular weight is 366 g/mol. The zero-order valence-electron chi connectivity index (χ0n) is 13.6. The summed E-state index contributed by atoms with van der Waals surface area (Å²) in [6, 6.07) is 13.2. The average Bonchev–Trinajstić information content (AvgIpc) is 2.68. The van der Waals surface area contributed by atoms with Crippen LogP contribution in [0.5, 0.6) is 0 Å². The van der Waals surface area contributed by atoms with Gasteiger partial charge in [0, 0.05) is 22.9 Å². The van der Waals surface area contributed by atoms with Crippen LogP contribution < -0.4 is 5.56 Å². The largest absolute Gasteiger partial charge is 0.277 e. The van der Waals surface area contributed by atoms with Gasteiger partial charge in [0.05, 0.1) is 5.69 Å². The lowest BCUT2D eigenvalue weighted by Crippen LogP contribution is -2.25. The van der Waals surface area contributed by atoms with E-state index in [0.29, 0.717) is 22.1 Å². The molecule has 0 aliphatic heterocycles. The van der Waals surface area contributed by atoms with E-state index < -0.39 is 0 Å². The lowest BCUT2D eigenvalue weighted by Gasteiger charge is -2.14. The van der Waals surface area contributed by atoms with Gasteiger partial charge < -0.3 is 0 Å². The first-order valence-corrected chi connectivity index (χ1v) is 9.80. The third-order valence-electron chi connectivity index (χ3n) is 3.61. The predicted octanol–water partition coefficient (Wildman–Crippen LogP) is 3.61. The summed E-state index contributed by atoms with van der Waals surface area (Å²) in [5, 5.41) is 9.83. The van der Waals surface area contributed by atoms with E-state index in [9.17, 15) is 10.1 Å². The van der Waals surface area contributed by atoms with Crippen LogP contribution in [0.3, 0.4) is 0 Å². The third-order valence-corrected chi connectivity index (χ3v) is 5.03. The summed E-state index contributed by atoms with van der Waals surface area (Å²) in [5.41, 5.74) is 1.05. The van der Waals surface area contributed by atoms with Gasteiger partial charge in [-0.2, -0.15) is 5.26 Å². The Kier molecular flexibility index (Phi) is 5.22. The van der Waals surface area contributed by atoms with E-state index in [1.54, 1.807) is 36.5 Å². The molecule has 7 heteroatoms. The fraction of sp³-hybridized carbons (Fsp3) is 0.111. The van der Waals surface area contributed by atoms with Crippen LogP contribution in [0.1, 0.15) is 5.56 Å². The van der Waals surface area contributed by atoms with Crippen LogP contribution in [0.4, 0.5) is 0 Å². The van der Waals surface area contributed by atoms with E-state index in [4.69, 9.17) is 0 Å². The van der Waals surface area contributed by atoms with Crippen molar-refractivity contribution in [1.82, 2.24) is 14.5 Å². The number of pyridine rings is 1. The van der Waals surface area contributed by atoms with Crippen LogP contribution in [0.25, 0.3) is 17.1 Å². The van der Waals surface area contributed by atoms with Gasteiger partial charge in [0.2, 0.25) is 0 Å². The molecule has 1 aromatic carbocycles. The Morgan fingerprint density at radius 2 is 1.88 bits per heavy atom. The molecule has 5 nitrogen and oxygen atoms in total. The molecule has 0 atom stereocenters. The normalized spacial score (nSPS) is 10.4. The number of thioether (sulfide) groups is 2. The van der Waals surface area contributed by atoms with Crippen molar-refractivity contribution in [3.63, 3.8) is 0 Å². The Morgan fingerprint density at radius 1 is 1.12 bits per heavy atom. The zero-order valence-corrected chi connectivity index (χ0v) is 15.3. The van der Waals surface area contributed by atoms with Crippen molar-refractivity contribution in [2.75, 3.05) is 12.5 Å². The van der Waals surface area contributed by atoms with Crippen molar-refractivity contribution in [3.8, 4) is 23.1 Å². The molecule has 124 valence electrons. The van der Waals surface area contributed by atoms with Crippen LogP contribution in [0, 0.1) is 11.3 Å². The van der Waals surface area contributed by atoms with Crippen LogP contribution in [0.2, 0.25) is 0 Å². The van der Waals surface area contributed by atoms with Crippen molar-refractivity contribution >= 4 is 23.5 Å². The number of nitriles is 1. The summed E-state index contributed by atoms with van der Waals surface area (Å²) < 4.78 is 1.47. The monoisotopic (exact) mass is 366 g/mol. The Bertz CT molecular complexity index is 993. The molecule has 25 heavy (non-hydrogen) atoms. The maximum absolute atomic E-state index is 13.0. The number of aromatic nitrogens is 3. The number of benzene rings is 1. The first-order chi connectivity index (χ1) is 12.2. The second-order valence-corrected chi connectivity index (χ2v) is 6.69. The number of hydrogen-bond acceptors (Lipinski definition) is 6. The molecule has 0 bridgehead atoms. The van der Waals surface area contributed by atoms with Crippen molar-refractivity contribution < 1.29 is 0 Å². The molecule has 0 saturated heterocycles.